The van der Waals surface area contributed by atoms with E-state index in [0.717, 1.165) is 31.4 Å². The number of nitrogens with one attached hydrogen (secondary N) is 1. The van der Waals surface area contributed by atoms with Crippen LogP contribution in [0, 0.1) is 6.92 Å². The van der Waals surface area contributed by atoms with E-state index in [4.69, 9.17) is 14.2 Å². The second-order valence-electron chi connectivity index (χ2n) is 9.65. The number of ether oxygens (including phenoxy) is 3. The zero-order chi connectivity index (χ0) is 25.2. The van der Waals surface area contributed by atoms with E-state index in [9.17, 15) is 8.42 Å². The van der Waals surface area contributed by atoms with Gasteiger partial charge in [0.15, 0.2) is 5.82 Å². The monoisotopic (exact) mass is 508 g/mol. The maximum absolute atomic E-state index is 13.6. The summed E-state index contributed by atoms with van der Waals surface area (Å²) in [6, 6.07) is 0.0203. The van der Waals surface area contributed by atoms with Gasteiger partial charge in [-0.15, -0.1) is 10.2 Å². The van der Waals surface area contributed by atoms with E-state index in [-0.39, 0.29) is 30.3 Å². The van der Waals surface area contributed by atoms with Crippen LogP contribution in [0.5, 0.6) is 0 Å². The van der Waals surface area contributed by atoms with Gasteiger partial charge in [0.2, 0.25) is 16.0 Å². The fraction of sp³-hybridized carbons (Fsp3) is 0.739. The van der Waals surface area contributed by atoms with Crippen LogP contribution in [-0.4, -0.2) is 63.8 Å². The Morgan fingerprint density at radius 3 is 2.43 bits per heavy atom. The van der Waals surface area contributed by atoms with Crippen LogP contribution in [0.4, 0.5) is 5.95 Å². The lowest BCUT2D eigenvalue weighted by Gasteiger charge is -2.28. The molecule has 2 aliphatic rings. The predicted octanol–water partition coefficient (Wildman–Crippen LogP) is 3.26. The van der Waals surface area contributed by atoms with E-state index >= 15 is 0 Å². The van der Waals surface area contributed by atoms with Crippen LogP contribution in [0.2, 0.25) is 0 Å². The zero-order valence-corrected chi connectivity index (χ0v) is 21.9. The van der Waals surface area contributed by atoms with Crippen LogP contribution >= 0.6 is 0 Å². The van der Waals surface area contributed by atoms with Gasteiger partial charge < -0.3 is 14.2 Å². The lowest BCUT2D eigenvalue weighted by molar-refractivity contribution is 0.00394. The van der Waals surface area contributed by atoms with Gasteiger partial charge in [-0.05, 0) is 60.3 Å². The SMILES string of the molecule is Cc1cnc([C@H](OC(C)C)[C@H](C)S(=O)(=O)Nc2nnc([C@@H]3CC[C@H](C)O3)n2C2CCOCC2)cn1. The number of hydrogen-bond acceptors (Lipinski definition) is 9. The maximum Gasteiger partial charge on any atom is 0.240 e. The molecule has 11 nitrogen and oxygen atoms in total. The van der Waals surface area contributed by atoms with Crippen molar-refractivity contribution in [2.75, 3.05) is 17.9 Å². The van der Waals surface area contributed by atoms with Crippen molar-refractivity contribution < 1.29 is 22.6 Å². The highest BCUT2D eigenvalue weighted by Gasteiger charge is 2.37. The molecule has 0 saturated carbocycles. The van der Waals surface area contributed by atoms with E-state index < -0.39 is 21.4 Å². The maximum atomic E-state index is 13.6. The minimum absolute atomic E-state index is 0.0203. The summed E-state index contributed by atoms with van der Waals surface area (Å²) in [5.74, 6) is 0.853. The summed E-state index contributed by atoms with van der Waals surface area (Å²) in [6.45, 7) is 10.4. The summed E-state index contributed by atoms with van der Waals surface area (Å²) in [5, 5.41) is 7.68. The third kappa shape index (κ3) is 5.99. The van der Waals surface area contributed by atoms with Crippen LogP contribution in [-0.2, 0) is 24.2 Å². The highest BCUT2D eigenvalue weighted by atomic mass is 32.2. The number of aryl methyl sites for hydroxylation is 1. The van der Waals surface area contributed by atoms with E-state index in [1.807, 2.05) is 32.3 Å². The molecule has 4 heterocycles. The van der Waals surface area contributed by atoms with Gasteiger partial charge in [-0.25, -0.2) is 8.42 Å². The third-order valence-electron chi connectivity index (χ3n) is 6.46. The molecule has 2 saturated heterocycles. The summed E-state index contributed by atoms with van der Waals surface area (Å²) in [4.78, 5) is 8.66. The van der Waals surface area contributed by atoms with Gasteiger partial charge in [-0.3, -0.25) is 19.3 Å². The molecule has 194 valence electrons. The first-order valence-electron chi connectivity index (χ1n) is 12.3. The molecular formula is C23H36N6O5S. The normalized spacial score (nSPS) is 23.5. The average molecular weight is 509 g/mol. The molecule has 35 heavy (non-hydrogen) atoms. The second-order valence-corrected chi connectivity index (χ2v) is 11.7. The third-order valence-corrected chi connectivity index (χ3v) is 8.15. The van der Waals surface area contributed by atoms with E-state index in [1.54, 1.807) is 19.3 Å². The molecule has 12 heteroatoms. The lowest BCUT2D eigenvalue weighted by atomic mass is 10.1. The topological polar surface area (TPSA) is 130 Å². The molecule has 0 aromatic carbocycles. The number of aromatic nitrogens is 5. The Balaban J connectivity index is 1.64. The molecule has 0 bridgehead atoms. The molecule has 0 amide bonds. The summed E-state index contributed by atoms with van der Waals surface area (Å²) >= 11 is 0. The Bertz CT molecular complexity index is 1080. The Morgan fingerprint density at radius 2 is 1.83 bits per heavy atom. The Kier molecular flexibility index (Phi) is 8.04. The van der Waals surface area contributed by atoms with Crippen molar-refractivity contribution >= 4 is 16.0 Å². The summed E-state index contributed by atoms with van der Waals surface area (Å²) in [5.41, 5.74) is 1.20. The van der Waals surface area contributed by atoms with Gasteiger partial charge in [-0.2, -0.15) is 0 Å². The fourth-order valence-corrected chi connectivity index (χ4v) is 5.64. The standard InChI is InChI=1S/C23H36N6O5S/c1-14(2)33-21(19-13-24-15(3)12-25-19)17(5)35(30,31)28-23-27-26-22(20-7-6-16(4)34-20)29(23)18-8-10-32-11-9-18/h12-14,16-18,20-21H,6-11H2,1-5H3,(H,27,28)/t16-,17-,20-,21+/m0/s1. The Morgan fingerprint density at radius 1 is 1.09 bits per heavy atom. The van der Waals surface area contributed by atoms with Crippen molar-refractivity contribution in [3.8, 4) is 0 Å². The molecule has 2 aliphatic heterocycles. The van der Waals surface area contributed by atoms with Crippen LogP contribution in [0.1, 0.15) is 88.8 Å². The van der Waals surface area contributed by atoms with Crippen molar-refractivity contribution in [3.63, 3.8) is 0 Å². The van der Waals surface area contributed by atoms with Gasteiger partial charge in [-0.1, -0.05) is 0 Å². The van der Waals surface area contributed by atoms with Gasteiger partial charge in [0.05, 0.1) is 29.8 Å². The van der Waals surface area contributed by atoms with Gasteiger partial charge >= 0.3 is 0 Å². The lowest BCUT2D eigenvalue weighted by Crippen LogP contribution is -2.35. The van der Waals surface area contributed by atoms with Crippen molar-refractivity contribution in [1.82, 2.24) is 24.7 Å². The van der Waals surface area contributed by atoms with Gasteiger partial charge in [0, 0.05) is 25.5 Å². The van der Waals surface area contributed by atoms with Crippen molar-refractivity contribution in [2.24, 2.45) is 0 Å². The number of hydrogen-bond donors (Lipinski definition) is 1. The van der Waals surface area contributed by atoms with Gasteiger partial charge in [0.1, 0.15) is 17.5 Å². The average Bonchev–Trinajstić information content (AvgIpc) is 3.43. The largest absolute Gasteiger partial charge is 0.381 e. The highest BCUT2D eigenvalue weighted by Crippen LogP contribution is 2.37. The van der Waals surface area contributed by atoms with Gasteiger partial charge in [0.25, 0.3) is 0 Å². The summed E-state index contributed by atoms with van der Waals surface area (Å²) in [7, 11) is -3.94. The number of sulfonamides is 1. The minimum atomic E-state index is -3.94. The quantitative estimate of drug-likeness (QED) is 0.542. The molecule has 2 fully saturated rings. The Labute approximate surface area is 207 Å². The fourth-order valence-electron chi connectivity index (χ4n) is 4.53. The number of anilines is 1. The van der Waals surface area contributed by atoms with E-state index in [1.165, 1.54) is 0 Å². The number of nitrogens with zero attached hydrogens (tertiary/aromatic N) is 5. The van der Waals surface area contributed by atoms with Crippen LogP contribution in [0.15, 0.2) is 12.4 Å². The van der Waals surface area contributed by atoms with E-state index in [2.05, 4.69) is 24.9 Å². The van der Waals surface area contributed by atoms with Crippen molar-refractivity contribution in [1.29, 1.82) is 0 Å². The van der Waals surface area contributed by atoms with E-state index in [0.29, 0.717) is 24.7 Å². The minimum Gasteiger partial charge on any atom is -0.381 e. The molecule has 0 unspecified atom stereocenters. The first-order chi connectivity index (χ1) is 16.7. The first-order valence-corrected chi connectivity index (χ1v) is 13.8. The molecule has 0 spiro atoms. The predicted molar refractivity (Wildman–Crippen MR) is 129 cm³/mol. The van der Waals surface area contributed by atoms with Crippen LogP contribution < -0.4 is 4.72 Å². The Hall–Kier alpha value is -2.15. The first kappa shape index (κ1) is 25.9. The molecule has 0 radical (unpaired) electrons. The van der Waals surface area contributed by atoms with Crippen LogP contribution in [0.25, 0.3) is 0 Å². The molecule has 2 aromatic heterocycles. The number of rotatable bonds is 9. The van der Waals surface area contributed by atoms with Crippen molar-refractivity contribution in [3.05, 3.63) is 29.6 Å². The molecule has 4 atom stereocenters. The molecule has 1 N–H and O–H groups in total. The van der Waals surface area contributed by atoms with Crippen molar-refractivity contribution in [2.45, 2.75) is 96.0 Å². The second kappa shape index (κ2) is 10.9. The molecular weight excluding hydrogens is 472 g/mol. The van der Waals surface area contributed by atoms with Crippen LogP contribution in [0.3, 0.4) is 0 Å². The zero-order valence-electron chi connectivity index (χ0n) is 21.0. The smallest absolute Gasteiger partial charge is 0.240 e. The molecule has 0 aliphatic carbocycles. The summed E-state index contributed by atoms with van der Waals surface area (Å²) in [6.07, 6.45) is 5.31. The molecule has 4 rings (SSSR count). The molecule has 2 aromatic rings. The summed E-state index contributed by atoms with van der Waals surface area (Å²) < 4.78 is 49.4. The highest BCUT2D eigenvalue weighted by molar-refractivity contribution is 7.93.